The molecule has 1 amide bonds. The minimum Gasteiger partial charge on any atom is -0.496 e. The third-order valence-corrected chi connectivity index (χ3v) is 6.36. The van der Waals surface area contributed by atoms with Crippen molar-refractivity contribution in [2.75, 3.05) is 12.4 Å². The standard InChI is InChI=1S/C23H21BrN2O2S/c1-28-21-10-6-15(12-19(21)24)7-11-22(27)26-23-25-20(14-29-23)18-9-8-16-4-2-3-5-17(16)13-18/h6-14H,2-5H2,1H3,(H,25,26,27)/b11-7+. The van der Waals surface area contributed by atoms with Gasteiger partial charge in [0.15, 0.2) is 5.13 Å². The van der Waals surface area contributed by atoms with Crippen molar-refractivity contribution in [3.05, 3.63) is 69.0 Å². The minimum atomic E-state index is -0.205. The average Bonchev–Trinajstić information content (AvgIpc) is 3.20. The van der Waals surface area contributed by atoms with Gasteiger partial charge < -0.3 is 4.74 Å². The molecule has 2 aromatic carbocycles. The van der Waals surface area contributed by atoms with Gasteiger partial charge in [-0.25, -0.2) is 4.98 Å². The van der Waals surface area contributed by atoms with Crippen molar-refractivity contribution in [2.45, 2.75) is 25.7 Å². The fourth-order valence-electron chi connectivity index (χ4n) is 3.46. The Bertz CT molecular complexity index is 1070. The molecule has 1 aliphatic rings. The summed E-state index contributed by atoms with van der Waals surface area (Å²) in [5.41, 5.74) is 5.81. The number of methoxy groups -OCH3 is 1. The molecule has 4 rings (SSSR count). The van der Waals surface area contributed by atoms with Crippen LogP contribution in [0.4, 0.5) is 5.13 Å². The van der Waals surface area contributed by atoms with Gasteiger partial charge >= 0.3 is 0 Å². The number of benzene rings is 2. The Morgan fingerprint density at radius 1 is 1.17 bits per heavy atom. The van der Waals surface area contributed by atoms with E-state index in [1.54, 1.807) is 13.2 Å². The van der Waals surface area contributed by atoms with Gasteiger partial charge in [-0.2, -0.15) is 0 Å². The number of nitrogens with zero attached hydrogens (tertiary/aromatic N) is 1. The molecule has 1 aliphatic carbocycles. The van der Waals surface area contributed by atoms with Crippen LogP contribution in [0.15, 0.2) is 52.3 Å². The lowest BCUT2D eigenvalue weighted by molar-refractivity contribution is -0.111. The van der Waals surface area contributed by atoms with Crippen LogP contribution in [0.2, 0.25) is 0 Å². The largest absolute Gasteiger partial charge is 0.496 e. The van der Waals surface area contributed by atoms with Crippen molar-refractivity contribution in [1.29, 1.82) is 0 Å². The molecule has 0 saturated heterocycles. The molecule has 1 aromatic heterocycles. The number of hydrogen-bond acceptors (Lipinski definition) is 4. The maximum absolute atomic E-state index is 12.3. The van der Waals surface area contributed by atoms with E-state index in [0.717, 1.165) is 33.5 Å². The van der Waals surface area contributed by atoms with Crippen LogP contribution in [0.25, 0.3) is 17.3 Å². The first kappa shape index (κ1) is 19.9. The molecule has 6 heteroatoms. The molecule has 0 bridgehead atoms. The normalized spacial score (nSPS) is 13.3. The number of hydrogen-bond donors (Lipinski definition) is 1. The Morgan fingerprint density at radius 3 is 2.79 bits per heavy atom. The van der Waals surface area contributed by atoms with E-state index in [-0.39, 0.29) is 5.91 Å². The highest BCUT2D eigenvalue weighted by atomic mass is 79.9. The Morgan fingerprint density at radius 2 is 2.00 bits per heavy atom. The molecule has 0 radical (unpaired) electrons. The summed E-state index contributed by atoms with van der Waals surface area (Å²) < 4.78 is 6.06. The minimum absolute atomic E-state index is 0.205. The number of nitrogens with one attached hydrogen (secondary N) is 1. The highest BCUT2D eigenvalue weighted by Crippen LogP contribution is 2.30. The SMILES string of the molecule is COc1ccc(/C=C/C(=O)Nc2nc(-c3ccc4c(c3)CCCC4)cs2)cc1Br. The molecular weight excluding hydrogens is 448 g/mol. The van der Waals surface area contributed by atoms with Crippen molar-refractivity contribution in [2.24, 2.45) is 0 Å². The maximum atomic E-state index is 12.3. The zero-order chi connectivity index (χ0) is 20.2. The molecule has 148 valence electrons. The molecular formula is C23H21BrN2O2S. The number of anilines is 1. The van der Waals surface area contributed by atoms with Crippen molar-refractivity contribution in [3.63, 3.8) is 0 Å². The van der Waals surface area contributed by atoms with Crippen LogP contribution in [0.5, 0.6) is 5.75 Å². The molecule has 0 aliphatic heterocycles. The average molecular weight is 469 g/mol. The first-order valence-corrected chi connectivity index (χ1v) is 11.2. The zero-order valence-electron chi connectivity index (χ0n) is 16.1. The van der Waals surface area contributed by atoms with Crippen LogP contribution in [0.1, 0.15) is 29.5 Å². The fraction of sp³-hybridized carbons (Fsp3) is 0.217. The summed E-state index contributed by atoms with van der Waals surface area (Å²) in [6.07, 6.45) is 8.12. The quantitative estimate of drug-likeness (QED) is 0.459. The van der Waals surface area contributed by atoms with Gasteiger partial charge in [-0.05, 0) is 82.6 Å². The second-order valence-electron chi connectivity index (χ2n) is 6.95. The Labute approximate surface area is 182 Å². The summed E-state index contributed by atoms with van der Waals surface area (Å²) in [5, 5.41) is 5.44. The lowest BCUT2D eigenvalue weighted by atomic mass is 9.90. The van der Waals surface area contributed by atoms with Gasteiger partial charge in [0, 0.05) is 17.0 Å². The Balaban J connectivity index is 1.42. The van der Waals surface area contributed by atoms with Crippen molar-refractivity contribution >= 4 is 44.4 Å². The van der Waals surface area contributed by atoms with Crippen LogP contribution in [0.3, 0.4) is 0 Å². The second-order valence-corrected chi connectivity index (χ2v) is 8.66. The van der Waals surface area contributed by atoms with E-state index >= 15 is 0 Å². The summed E-state index contributed by atoms with van der Waals surface area (Å²) in [6.45, 7) is 0. The predicted molar refractivity (Wildman–Crippen MR) is 123 cm³/mol. The molecule has 0 unspecified atom stereocenters. The second kappa shape index (κ2) is 8.93. The number of rotatable bonds is 5. The number of thiazole rings is 1. The zero-order valence-corrected chi connectivity index (χ0v) is 18.5. The summed E-state index contributed by atoms with van der Waals surface area (Å²) in [5.74, 6) is 0.548. The summed E-state index contributed by atoms with van der Waals surface area (Å²) >= 11 is 4.89. The van der Waals surface area contributed by atoms with E-state index in [9.17, 15) is 4.79 Å². The number of aryl methyl sites for hydroxylation is 2. The van der Waals surface area contributed by atoms with Crippen LogP contribution in [-0.4, -0.2) is 18.0 Å². The number of aromatic nitrogens is 1. The first-order valence-electron chi connectivity index (χ1n) is 9.53. The van der Waals surface area contributed by atoms with Gasteiger partial charge in [-0.1, -0.05) is 18.2 Å². The highest BCUT2D eigenvalue weighted by molar-refractivity contribution is 9.10. The maximum Gasteiger partial charge on any atom is 0.250 e. The van der Waals surface area contributed by atoms with Crippen molar-refractivity contribution in [3.8, 4) is 17.0 Å². The van der Waals surface area contributed by atoms with Gasteiger partial charge in [0.25, 0.3) is 0 Å². The topological polar surface area (TPSA) is 51.2 Å². The van der Waals surface area contributed by atoms with Gasteiger partial charge in [-0.15, -0.1) is 11.3 Å². The lowest BCUT2D eigenvalue weighted by Gasteiger charge is -2.16. The van der Waals surface area contributed by atoms with Crippen LogP contribution in [0, 0.1) is 0 Å². The first-order chi connectivity index (χ1) is 14.1. The smallest absolute Gasteiger partial charge is 0.250 e. The van der Waals surface area contributed by atoms with E-state index in [1.165, 1.54) is 47.8 Å². The molecule has 0 fully saturated rings. The molecule has 4 nitrogen and oxygen atoms in total. The number of carbonyl (C=O) groups is 1. The Hall–Kier alpha value is -2.44. The van der Waals surface area contributed by atoms with Crippen LogP contribution < -0.4 is 10.1 Å². The van der Waals surface area contributed by atoms with E-state index in [4.69, 9.17) is 4.74 Å². The van der Waals surface area contributed by atoms with Gasteiger partial charge in [0.1, 0.15) is 5.75 Å². The third kappa shape index (κ3) is 4.77. The number of fused-ring (bicyclic) bond motifs is 1. The highest BCUT2D eigenvalue weighted by Gasteiger charge is 2.12. The predicted octanol–water partition coefficient (Wildman–Crippen LogP) is 6.11. The van der Waals surface area contributed by atoms with Crippen LogP contribution >= 0.6 is 27.3 Å². The number of carbonyl (C=O) groups excluding carboxylic acids is 1. The molecule has 29 heavy (non-hydrogen) atoms. The summed E-state index contributed by atoms with van der Waals surface area (Å²) in [4.78, 5) is 16.9. The third-order valence-electron chi connectivity index (χ3n) is 4.98. The van der Waals surface area contributed by atoms with Gasteiger partial charge in [-0.3, -0.25) is 10.1 Å². The van der Waals surface area contributed by atoms with E-state index in [1.807, 2.05) is 23.6 Å². The van der Waals surface area contributed by atoms with Gasteiger partial charge in [0.05, 0.1) is 17.3 Å². The van der Waals surface area contributed by atoms with E-state index in [0.29, 0.717) is 5.13 Å². The Kier molecular flexibility index (Phi) is 6.11. The van der Waals surface area contributed by atoms with Crippen LogP contribution in [-0.2, 0) is 17.6 Å². The molecule has 0 atom stereocenters. The van der Waals surface area contributed by atoms with E-state index in [2.05, 4.69) is 44.4 Å². The molecule has 0 saturated carbocycles. The van der Waals surface area contributed by atoms with Crippen molar-refractivity contribution < 1.29 is 9.53 Å². The monoisotopic (exact) mass is 468 g/mol. The molecule has 1 N–H and O–H groups in total. The van der Waals surface area contributed by atoms with Crippen molar-refractivity contribution in [1.82, 2.24) is 4.98 Å². The lowest BCUT2D eigenvalue weighted by Crippen LogP contribution is -2.07. The fourth-order valence-corrected chi connectivity index (χ4v) is 4.74. The summed E-state index contributed by atoms with van der Waals surface area (Å²) in [7, 11) is 1.62. The molecule has 1 heterocycles. The number of amides is 1. The van der Waals surface area contributed by atoms with E-state index < -0.39 is 0 Å². The molecule has 3 aromatic rings. The van der Waals surface area contributed by atoms with Gasteiger partial charge in [0.2, 0.25) is 5.91 Å². The molecule has 0 spiro atoms. The summed E-state index contributed by atoms with van der Waals surface area (Å²) in [6, 6.07) is 12.2. The number of halogens is 1. The number of ether oxygens (including phenoxy) is 1.